The Hall–Kier alpha value is -1.66. The zero-order valence-electron chi connectivity index (χ0n) is 10.5. The van der Waals surface area contributed by atoms with Gasteiger partial charge in [0.05, 0.1) is 12.8 Å². The van der Waals surface area contributed by atoms with Gasteiger partial charge in [-0.15, -0.1) is 0 Å². The highest BCUT2D eigenvalue weighted by Gasteiger charge is 2.32. The first-order chi connectivity index (χ1) is 8.62. The molecule has 0 radical (unpaired) electrons. The SMILES string of the molecule is CC1(C)OCC(CNc2ccn3nccc3n2)O1. The molecular formula is C12H16N4O2. The Morgan fingerprint density at radius 2 is 2.39 bits per heavy atom. The minimum absolute atomic E-state index is 0.0583. The fourth-order valence-electron chi connectivity index (χ4n) is 1.99. The molecule has 96 valence electrons. The highest BCUT2D eigenvalue weighted by Crippen LogP contribution is 2.22. The number of nitrogens with one attached hydrogen (secondary N) is 1. The van der Waals surface area contributed by atoms with Crippen LogP contribution >= 0.6 is 0 Å². The Morgan fingerprint density at radius 3 is 3.17 bits per heavy atom. The molecular weight excluding hydrogens is 232 g/mol. The lowest BCUT2D eigenvalue weighted by molar-refractivity contribution is -0.136. The number of aromatic nitrogens is 3. The van der Waals surface area contributed by atoms with Crippen LogP contribution in [0.15, 0.2) is 24.5 Å². The summed E-state index contributed by atoms with van der Waals surface area (Å²) in [4.78, 5) is 4.43. The second-order valence-electron chi connectivity index (χ2n) is 4.78. The lowest BCUT2D eigenvalue weighted by Gasteiger charge is -2.17. The van der Waals surface area contributed by atoms with Crippen molar-refractivity contribution < 1.29 is 9.47 Å². The van der Waals surface area contributed by atoms with Crippen LogP contribution in [0.25, 0.3) is 5.65 Å². The van der Waals surface area contributed by atoms with Gasteiger partial charge in [0.1, 0.15) is 11.9 Å². The minimum Gasteiger partial charge on any atom is -0.367 e. The predicted octanol–water partition coefficient (Wildman–Crippen LogP) is 1.29. The van der Waals surface area contributed by atoms with Gasteiger partial charge in [-0.25, -0.2) is 9.50 Å². The molecule has 2 aromatic rings. The average Bonchev–Trinajstić information content (AvgIpc) is 2.92. The smallest absolute Gasteiger partial charge is 0.163 e. The molecule has 0 spiro atoms. The van der Waals surface area contributed by atoms with Crippen LogP contribution in [-0.2, 0) is 9.47 Å². The molecule has 0 aromatic carbocycles. The Kier molecular flexibility index (Phi) is 2.68. The monoisotopic (exact) mass is 248 g/mol. The van der Waals surface area contributed by atoms with E-state index < -0.39 is 5.79 Å². The van der Waals surface area contributed by atoms with E-state index in [0.717, 1.165) is 11.5 Å². The first kappa shape index (κ1) is 11.4. The fourth-order valence-corrected chi connectivity index (χ4v) is 1.99. The summed E-state index contributed by atoms with van der Waals surface area (Å²) in [6.07, 6.45) is 3.66. The largest absolute Gasteiger partial charge is 0.367 e. The van der Waals surface area contributed by atoms with E-state index in [0.29, 0.717) is 13.2 Å². The number of fused-ring (bicyclic) bond motifs is 1. The van der Waals surface area contributed by atoms with E-state index in [1.54, 1.807) is 10.7 Å². The van der Waals surface area contributed by atoms with Crippen LogP contribution in [0.1, 0.15) is 13.8 Å². The zero-order chi connectivity index (χ0) is 12.6. The summed E-state index contributed by atoms with van der Waals surface area (Å²) >= 11 is 0. The third-order valence-electron chi connectivity index (χ3n) is 2.84. The third-order valence-corrected chi connectivity index (χ3v) is 2.84. The molecule has 3 heterocycles. The Morgan fingerprint density at radius 1 is 1.50 bits per heavy atom. The van der Waals surface area contributed by atoms with Crippen molar-refractivity contribution in [3.05, 3.63) is 24.5 Å². The van der Waals surface area contributed by atoms with Crippen molar-refractivity contribution in [2.45, 2.75) is 25.7 Å². The molecule has 1 atom stereocenters. The van der Waals surface area contributed by atoms with Crippen LogP contribution < -0.4 is 5.32 Å². The van der Waals surface area contributed by atoms with Crippen molar-refractivity contribution in [2.24, 2.45) is 0 Å². The molecule has 1 fully saturated rings. The Labute approximate surface area is 105 Å². The number of anilines is 1. The molecule has 0 saturated carbocycles. The molecule has 3 rings (SSSR count). The van der Waals surface area contributed by atoms with E-state index in [4.69, 9.17) is 9.47 Å². The molecule has 6 heteroatoms. The second kappa shape index (κ2) is 4.22. The van der Waals surface area contributed by atoms with Crippen LogP contribution in [0.3, 0.4) is 0 Å². The number of hydrogen-bond acceptors (Lipinski definition) is 5. The lowest BCUT2D eigenvalue weighted by Crippen LogP contribution is -2.26. The maximum atomic E-state index is 5.71. The number of ether oxygens (including phenoxy) is 2. The van der Waals surface area contributed by atoms with E-state index in [1.807, 2.05) is 32.2 Å². The van der Waals surface area contributed by atoms with Crippen molar-refractivity contribution in [2.75, 3.05) is 18.5 Å². The van der Waals surface area contributed by atoms with Gasteiger partial charge < -0.3 is 14.8 Å². The maximum absolute atomic E-state index is 5.71. The molecule has 1 N–H and O–H groups in total. The van der Waals surface area contributed by atoms with Gasteiger partial charge in [0, 0.05) is 18.8 Å². The van der Waals surface area contributed by atoms with E-state index >= 15 is 0 Å². The highest BCUT2D eigenvalue weighted by atomic mass is 16.7. The van der Waals surface area contributed by atoms with Gasteiger partial charge in [-0.3, -0.25) is 0 Å². The Bertz CT molecular complexity index is 552. The first-order valence-electron chi connectivity index (χ1n) is 5.98. The molecule has 1 unspecified atom stereocenters. The molecule has 2 aromatic heterocycles. The standard InChI is InChI=1S/C12H16N4O2/c1-12(2)17-8-9(18-12)7-13-10-4-6-16-11(15-10)3-5-14-16/h3-6,9H,7-8H2,1-2H3,(H,13,15). The van der Waals surface area contributed by atoms with E-state index in [-0.39, 0.29) is 6.10 Å². The minimum atomic E-state index is -0.477. The molecule has 6 nitrogen and oxygen atoms in total. The number of rotatable bonds is 3. The average molecular weight is 248 g/mol. The van der Waals surface area contributed by atoms with Gasteiger partial charge in [-0.2, -0.15) is 5.10 Å². The van der Waals surface area contributed by atoms with Gasteiger partial charge in [0.15, 0.2) is 11.4 Å². The van der Waals surface area contributed by atoms with Crippen LogP contribution in [0, 0.1) is 0 Å². The summed E-state index contributed by atoms with van der Waals surface area (Å²) in [6, 6.07) is 3.75. The normalized spacial score (nSPS) is 22.4. The van der Waals surface area contributed by atoms with Crippen LogP contribution in [0.2, 0.25) is 0 Å². The summed E-state index contributed by atoms with van der Waals surface area (Å²) in [5.41, 5.74) is 0.823. The van der Waals surface area contributed by atoms with Crippen LogP contribution in [0.5, 0.6) is 0 Å². The van der Waals surface area contributed by atoms with Crippen LogP contribution in [-0.4, -0.2) is 39.6 Å². The number of hydrogen-bond donors (Lipinski definition) is 1. The third kappa shape index (κ3) is 2.30. The van der Waals surface area contributed by atoms with E-state index in [1.165, 1.54) is 0 Å². The summed E-state index contributed by atoms with van der Waals surface area (Å²) in [7, 11) is 0. The van der Waals surface area contributed by atoms with E-state index in [9.17, 15) is 0 Å². The van der Waals surface area contributed by atoms with Gasteiger partial charge in [0.2, 0.25) is 0 Å². The maximum Gasteiger partial charge on any atom is 0.163 e. The predicted molar refractivity (Wildman–Crippen MR) is 66.4 cm³/mol. The Balaban J connectivity index is 1.63. The molecule has 1 aliphatic rings. The summed E-state index contributed by atoms with van der Waals surface area (Å²) < 4.78 is 12.9. The topological polar surface area (TPSA) is 60.7 Å². The summed E-state index contributed by atoms with van der Waals surface area (Å²) in [5, 5.41) is 7.35. The van der Waals surface area contributed by atoms with Crippen molar-refractivity contribution in [3.8, 4) is 0 Å². The van der Waals surface area contributed by atoms with Crippen molar-refractivity contribution in [3.63, 3.8) is 0 Å². The number of nitrogens with zero attached hydrogens (tertiary/aromatic N) is 3. The van der Waals surface area contributed by atoms with Gasteiger partial charge in [0.25, 0.3) is 0 Å². The molecule has 18 heavy (non-hydrogen) atoms. The molecule has 1 saturated heterocycles. The molecule has 1 aliphatic heterocycles. The molecule has 0 amide bonds. The first-order valence-corrected chi connectivity index (χ1v) is 5.98. The van der Waals surface area contributed by atoms with Gasteiger partial charge in [-0.1, -0.05) is 0 Å². The molecule has 0 aliphatic carbocycles. The van der Waals surface area contributed by atoms with Crippen molar-refractivity contribution in [1.29, 1.82) is 0 Å². The van der Waals surface area contributed by atoms with Crippen LogP contribution in [0.4, 0.5) is 5.82 Å². The second-order valence-corrected chi connectivity index (χ2v) is 4.78. The summed E-state index contributed by atoms with van der Waals surface area (Å²) in [6.45, 7) is 5.13. The quantitative estimate of drug-likeness (QED) is 0.887. The highest BCUT2D eigenvalue weighted by molar-refractivity contribution is 5.45. The lowest BCUT2D eigenvalue weighted by atomic mass is 10.3. The zero-order valence-corrected chi connectivity index (χ0v) is 10.5. The van der Waals surface area contributed by atoms with Crippen molar-refractivity contribution in [1.82, 2.24) is 14.6 Å². The summed E-state index contributed by atoms with van der Waals surface area (Å²) in [5.74, 6) is 0.339. The van der Waals surface area contributed by atoms with Crippen molar-refractivity contribution >= 4 is 11.5 Å². The van der Waals surface area contributed by atoms with Gasteiger partial charge in [-0.05, 0) is 19.9 Å². The van der Waals surface area contributed by atoms with E-state index in [2.05, 4.69) is 15.4 Å². The molecule has 0 bridgehead atoms. The van der Waals surface area contributed by atoms with Gasteiger partial charge >= 0.3 is 0 Å². The fraction of sp³-hybridized carbons (Fsp3) is 0.500.